The maximum atomic E-state index is 9.96. The average molecular weight is 203 g/mol. The third kappa shape index (κ3) is 17.6. The first kappa shape index (κ1) is 16.0. The van der Waals surface area contributed by atoms with Gasteiger partial charge in [0, 0.05) is 20.1 Å². The second-order valence-corrected chi connectivity index (χ2v) is 3.07. The Bertz CT molecular complexity index is 97.3. The number of rotatable bonds is 9. The molecule has 3 heteroatoms. The minimum atomic E-state index is 0.734. The summed E-state index contributed by atoms with van der Waals surface area (Å²) in [5.74, 6) is 0. The lowest BCUT2D eigenvalue weighted by Crippen LogP contribution is -1.88. The second kappa shape index (κ2) is 18.4. The molecule has 0 rings (SSSR count). The molecule has 0 spiro atoms. The van der Waals surface area contributed by atoms with Crippen LogP contribution in [0.3, 0.4) is 0 Å². The molecule has 0 aromatic rings. The van der Waals surface area contributed by atoms with E-state index >= 15 is 0 Å². The van der Waals surface area contributed by atoms with Crippen LogP contribution < -0.4 is 5.73 Å². The summed E-state index contributed by atoms with van der Waals surface area (Å²) in [5.41, 5.74) is 4.50. The Labute approximate surface area is 88.0 Å². The minimum absolute atomic E-state index is 0.734. The van der Waals surface area contributed by atoms with E-state index in [-0.39, 0.29) is 0 Å². The third-order valence-electron chi connectivity index (χ3n) is 1.92. The van der Waals surface area contributed by atoms with Gasteiger partial charge in [-0.25, -0.2) is 0 Å². The van der Waals surface area contributed by atoms with Crippen LogP contribution in [-0.4, -0.2) is 27.1 Å². The Kier molecular flexibility index (Phi) is 21.1. The van der Waals surface area contributed by atoms with Crippen LogP contribution in [0.25, 0.3) is 0 Å². The Morgan fingerprint density at radius 1 is 1.00 bits per heavy atom. The molecule has 0 heterocycles. The molecule has 0 atom stereocenters. The highest BCUT2D eigenvalue weighted by Crippen LogP contribution is 2.06. The first-order chi connectivity index (χ1) is 6.91. The Hall–Kier alpha value is -0.410. The van der Waals surface area contributed by atoms with Gasteiger partial charge in [0.05, 0.1) is 0 Å². The van der Waals surface area contributed by atoms with Crippen LogP contribution in [0.2, 0.25) is 0 Å². The summed E-state index contributed by atoms with van der Waals surface area (Å²) in [6.45, 7) is 0.883. The van der Waals surface area contributed by atoms with E-state index in [0.717, 1.165) is 25.7 Å². The summed E-state index contributed by atoms with van der Waals surface area (Å²) < 4.78 is 4.94. The summed E-state index contributed by atoms with van der Waals surface area (Å²) >= 11 is 0. The summed E-state index contributed by atoms with van der Waals surface area (Å²) in [4.78, 5) is 9.96. The summed E-state index contributed by atoms with van der Waals surface area (Å²) in [7, 11) is 3.24. The number of methoxy groups -OCH3 is 1. The van der Waals surface area contributed by atoms with Crippen molar-refractivity contribution >= 4 is 6.29 Å². The summed E-state index contributed by atoms with van der Waals surface area (Å²) in [6, 6.07) is 0. The lowest BCUT2D eigenvalue weighted by Gasteiger charge is -1.99. The van der Waals surface area contributed by atoms with E-state index in [1.54, 1.807) is 7.11 Å². The van der Waals surface area contributed by atoms with Gasteiger partial charge in [0.25, 0.3) is 0 Å². The van der Waals surface area contributed by atoms with E-state index in [0.29, 0.717) is 0 Å². The van der Waals surface area contributed by atoms with Crippen LogP contribution in [-0.2, 0) is 9.53 Å². The molecule has 0 aromatic carbocycles. The van der Waals surface area contributed by atoms with Gasteiger partial charge >= 0.3 is 0 Å². The molecule has 0 saturated heterocycles. The van der Waals surface area contributed by atoms with Crippen molar-refractivity contribution < 1.29 is 9.53 Å². The predicted octanol–water partition coefficient (Wildman–Crippen LogP) is 2.14. The molecule has 2 N–H and O–H groups in total. The van der Waals surface area contributed by atoms with Crippen molar-refractivity contribution in [2.24, 2.45) is 5.73 Å². The first-order valence-corrected chi connectivity index (χ1v) is 5.42. The molecule has 0 radical (unpaired) electrons. The van der Waals surface area contributed by atoms with Gasteiger partial charge in [-0.2, -0.15) is 0 Å². The van der Waals surface area contributed by atoms with Crippen molar-refractivity contribution in [2.75, 3.05) is 20.8 Å². The maximum Gasteiger partial charge on any atom is 0.119 e. The molecule has 0 aromatic heterocycles. The van der Waals surface area contributed by atoms with Crippen LogP contribution in [0.5, 0.6) is 0 Å². The minimum Gasteiger partial charge on any atom is -0.385 e. The van der Waals surface area contributed by atoms with Crippen LogP contribution in [0.1, 0.15) is 44.9 Å². The second-order valence-electron chi connectivity index (χ2n) is 3.07. The summed E-state index contributed by atoms with van der Waals surface area (Å²) in [5, 5.41) is 0. The number of hydrogen-bond acceptors (Lipinski definition) is 3. The van der Waals surface area contributed by atoms with Crippen molar-refractivity contribution in [1.82, 2.24) is 0 Å². The molecule has 0 amide bonds. The molecular formula is C11H25NO2. The SMILES string of the molecule is CN.COCCCCCCCCC=O. The zero-order valence-corrected chi connectivity index (χ0v) is 9.63. The van der Waals surface area contributed by atoms with Crippen molar-refractivity contribution in [2.45, 2.75) is 44.9 Å². The number of carbonyl (C=O) groups is 1. The van der Waals surface area contributed by atoms with E-state index in [4.69, 9.17) is 4.74 Å². The fraction of sp³-hybridized carbons (Fsp3) is 0.909. The van der Waals surface area contributed by atoms with E-state index in [9.17, 15) is 4.79 Å². The van der Waals surface area contributed by atoms with Gasteiger partial charge in [0.15, 0.2) is 0 Å². The van der Waals surface area contributed by atoms with Crippen LogP contribution in [0.15, 0.2) is 0 Å². The van der Waals surface area contributed by atoms with Gasteiger partial charge in [-0.05, 0) is 19.9 Å². The Balaban J connectivity index is 0. The highest BCUT2D eigenvalue weighted by molar-refractivity contribution is 5.48. The molecule has 86 valence electrons. The number of carbonyl (C=O) groups excluding carboxylic acids is 1. The number of unbranched alkanes of at least 4 members (excludes halogenated alkanes) is 6. The molecule has 0 aliphatic rings. The smallest absolute Gasteiger partial charge is 0.119 e. The molecule has 0 aliphatic heterocycles. The Morgan fingerprint density at radius 3 is 2.00 bits per heavy atom. The Morgan fingerprint density at radius 2 is 1.50 bits per heavy atom. The van der Waals surface area contributed by atoms with Gasteiger partial charge in [0.2, 0.25) is 0 Å². The molecule has 0 unspecified atom stereocenters. The largest absolute Gasteiger partial charge is 0.385 e. The fourth-order valence-electron chi connectivity index (χ4n) is 1.18. The fourth-order valence-corrected chi connectivity index (χ4v) is 1.18. The van der Waals surface area contributed by atoms with E-state index in [1.165, 1.54) is 39.2 Å². The quantitative estimate of drug-likeness (QED) is 0.461. The summed E-state index contributed by atoms with van der Waals surface area (Å²) in [6.07, 6.45) is 8.97. The topological polar surface area (TPSA) is 52.3 Å². The highest BCUT2D eigenvalue weighted by atomic mass is 16.5. The lowest BCUT2D eigenvalue weighted by atomic mass is 10.1. The van der Waals surface area contributed by atoms with Crippen molar-refractivity contribution in [3.63, 3.8) is 0 Å². The van der Waals surface area contributed by atoms with Gasteiger partial charge in [-0.3, -0.25) is 0 Å². The van der Waals surface area contributed by atoms with Gasteiger partial charge < -0.3 is 15.3 Å². The molecule has 0 bridgehead atoms. The molecule has 14 heavy (non-hydrogen) atoms. The van der Waals surface area contributed by atoms with Crippen LogP contribution in [0.4, 0.5) is 0 Å². The number of hydrogen-bond donors (Lipinski definition) is 1. The molecule has 0 aliphatic carbocycles. The van der Waals surface area contributed by atoms with Gasteiger partial charge in [0.1, 0.15) is 6.29 Å². The van der Waals surface area contributed by atoms with E-state index < -0.39 is 0 Å². The number of aldehydes is 1. The average Bonchev–Trinajstić information content (AvgIpc) is 2.25. The van der Waals surface area contributed by atoms with Crippen LogP contribution in [0, 0.1) is 0 Å². The highest BCUT2D eigenvalue weighted by Gasteiger charge is 1.90. The molecule has 0 fully saturated rings. The number of nitrogens with two attached hydrogens (primary N) is 1. The monoisotopic (exact) mass is 203 g/mol. The zero-order valence-electron chi connectivity index (χ0n) is 9.63. The normalized spacial score (nSPS) is 9.07. The van der Waals surface area contributed by atoms with Crippen molar-refractivity contribution in [3.8, 4) is 0 Å². The van der Waals surface area contributed by atoms with Crippen molar-refractivity contribution in [3.05, 3.63) is 0 Å². The molecular weight excluding hydrogens is 178 g/mol. The van der Waals surface area contributed by atoms with Crippen molar-refractivity contribution in [1.29, 1.82) is 0 Å². The maximum absolute atomic E-state index is 9.96. The van der Waals surface area contributed by atoms with Gasteiger partial charge in [-0.15, -0.1) is 0 Å². The standard InChI is InChI=1S/C10H20O2.CH5N/c1-12-10-8-6-4-2-3-5-7-9-11;1-2/h9H,2-8,10H2,1H3;2H2,1H3. The third-order valence-corrected chi connectivity index (χ3v) is 1.92. The van der Waals surface area contributed by atoms with E-state index in [2.05, 4.69) is 5.73 Å². The first-order valence-electron chi connectivity index (χ1n) is 5.42. The zero-order chi connectivity index (χ0) is 11.1. The molecule has 0 saturated carbocycles. The predicted molar refractivity (Wildman–Crippen MR) is 60.4 cm³/mol. The van der Waals surface area contributed by atoms with Crippen LogP contribution >= 0.6 is 0 Å². The number of ether oxygens (including phenoxy) is 1. The lowest BCUT2D eigenvalue weighted by molar-refractivity contribution is -0.107. The van der Waals surface area contributed by atoms with E-state index in [1.807, 2.05) is 0 Å². The van der Waals surface area contributed by atoms with Gasteiger partial charge in [-0.1, -0.05) is 25.7 Å². The molecule has 3 nitrogen and oxygen atoms in total.